The van der Waals surface area contributed by atoms with Crippen molar-refractivity contribution in [2.24, 2.45) is 10.9 Å². The number of allylic oxidation sites excluding steroid dienone is 1. The molecule has 0 saturated carbocycles. The minimum atomic E-state index is -0.132. The second kappa shape index (κ2) is 3.62. The maximum Gasteiger partial charge on any atom is 0.201 e. The second-order valence-corrected chi connectivity index (χ2v) is 3.17. The number of nitrogens with zero attached hydrogens (tertiary/aromatic N) is 2. The zero-order valence-electron chi connectivity index (χ0n) is 5.62. The predicted octanol–water partition coefficient (Wildman–Crippen LogP) is 1.10. The van der Waals surface area contributed by atoms with E-state index in [-0.39, 0.29) is 9.71 Å². The quantitative estimate of drug-likeness (QED) is 0.523. The third-order valence-electron chi connectivity index (χ3n) is 1.35. The van der Waals surface area contributed by atoms with Gasteiger partial charge in [0.15, 0.2) is 0 Å². The highest BCUT2D eigenvalue weighted by atomic mass is 127. The molecule has 1 atom stereocenters. The first kappa shape index (κ1) is 8.40. The molecule has 0 saturated heterocycles. The predicted molar refractivity (Wildman–Crippen MR) is 49.6 cm³/mol. The molecule has 1 heterocycles. The number of halogens is 1. The molecule has 1 aliphatic heterocycles. The summed E-state index contributed by atoms with van der Waals surface area (Å²) in [6, 6.07) is 1.91. The summed E-state index contributed by atoms with van der Waals surface area (Å²) in [6.07, 6.45) is 3.31. The Bertz CT molecular complexity index is 275. The third-order valence-corrected chi connectivity index (χ3v) is 2.15. The molecule has 0 amide bonds. The van der Waals surface area contributed by atoms with Gasteiger partial charge in [-0.25, -0.2) is 0 Å². The van der Waals surface area contributed by atoms with Crippen LogP contribution in [0.5, 0.6) is 0 Å². The van der Waals surface area contributed by atoms with E-state index < -0.39 is 0 Å². The standard InChI is InChI=1S/C7H5IN2O/c8-7(11)5-1-2-6(3-9)10-4-5/h1-2,5H,4H2. The first-order valence-corrected chi connectivity index (χ1v) is 4.14. The van der Waals surface area contributed by atoms with Crippen LogP contribution < -0.4 is 0 Å². The monoisotopic (exact) mass is 260 g/mol. The van der Waals surface area contributed by atoms with E-state index in [1.807, 2.05) is 6.07 Å². The van der Waals surface area contributed by atoms with E-state index in [1.54, 1.807) is 34.7 Å². The van der Waals surface area contributed by atoms with Crippen molar-refractivity contribution >= 4 is 32.1 Å². The van der Waals surface area contributed by atoms with E-state index in [1.165, 1.54) is 0 Å². The first-order valence-electron chi connectivity index (χ1n) is 3.06. The number of carbonyl (C=O) groups excluding carboxylic acids is 1. The van der Waals surface area contributed by atoms with E-state index in [9.17, 15) is 4.79 Å². The van der Waals surface area contributed by atoms with Crippen LogP contribution in [0.15, 0.2) is 17.1 Å². The van der Waals surface area contributed by atoms with Gasteiger partial charge in [0.1, 0.15) is 11.8 Å². The molecule has 0 aromatic heterocycles. The number of dihydropyridines is 1. The molecule has 0 spiro atoms. The molecule has 0 aromatic carbocycles. The molecule has 3 nitrogen and oxygen atoms in total. The first-order chi connectivity index (χ1) is 5.24. The molecule has 0 bridgehead atoms. The highest BCUT2D eigenvalue weighted by molar-refractivity contribution is 14.1. The van der Waals surface area contributed by atoms with Gasteiger partial charge in [0.25, 0.3) is 0 Å². The van der Waals surface area contributed by atoms with Crippen LogP contribution in [-0.2, 0) is 4.79 Å². The van der Waals surface area contributed by atoms with Gasteiger partial charge in [-0.1, -0.05) is 6.08 Å². The number of carbonyl (C=O) groups is 1. The third kappa shape index (κ3) is 2.12. The molecular weight excluding hydrogens is 255 g/mol. The zero-order valence-corrected chi connectivity index (χ0v) is 7.78. The maximum absolute atomic E-state index is 10.8. The Balaban J connectivity index is 2.66. The maximum atomic E-state index is 10.8. The molecule has 11 heavy (non-hydrogen) atoms. The molecule has 56 valence electrons. The lowest BCUT2D eigenvalue weighted by Gasteiger charge is -2.07. The Kier molecular flexibility index (Phi) is 2.76. The van der Waals surface area contributed by atoms with Crippen LogP contribution in [-0.4, -0.2) is 16.0 Å². The van der Waals surface area contributed by atoms with Gasteiger partial charge in [-0.15, -0.1) is 0 Å². The van der Waals surface area contributed by atoms with Crippen LogP contribution in [0.3, 0.4) is 0 Å². The van der Waals surface area contributed by atoms with E-state index in [2.05, 4.69) is 4.99 Å². The molecule has 0 radical (unpaired) electrons. The van der Waals surface area contributed by atoms with Gasteiger partial charge in [0.05, 0.1) is 12.5 Å². The van der Waals surface area contributed by atoms with Crippen LogP contribution in [0.1, 0.15) is 0 Å². The van der Waals surface area contributed by atoms with E-state index in [4.69, 9.17) is 5.26 Å². The molecule has 0 N–H and O–H groups in total. The van der Waals surface area contributed by atoms with Crippen molar-refractivity contribution in [3.05, 3.63) is 12.2 Å². The minimum absolute atomic E-state index is 0.0691. The molecule has 1 aliphatic rings. The lowest BCUT2D eigenvalue weighted by Crippen LogP contribution is -2.14. The van der Waals surface area contributed by atoms with Crippen LogP contribution >= 0.6 is 22.6 Å². The summed E-state index contributed by atoms with van der Waals surface area (Å²) in [7, 11) is 0. The van der Waals surface area contributed by atoms with Crippen molar-refractivity contribution in [2.75, 3.05) is 6.54 Å². The average molecular weight is 260 g/mol. The summed E-state index contributed by atoms with van der Waals surface area (Å²) in [5.41, 5.74) is 0.402. The molecular formula is C7H5IN2O. The van der Waals surface area contributed by atoms with Crippen molar-refractivity contribution in [1.82, 2.24) is 0 Å². The van der Waals surface area contributed by atoms with Crippen molar-refractivity contribution in [3.8, 4) is 6.07 Å². The van der Waals surface area contributed by atoms with Gasteiger partial charge >= 0.3 is 0 Å². The van der Waals surface area contributed by atoms with Gasteiger partial charge in [0.2, 0.25) is 3.79 Å². The Labute approximate surface area is 77.9 Å². The van der Waals surface area contributed by atoms with Crippen LogP contribution in [0.2, 0.25) is 0 Å². The minimum Gasteiger partial charge on any atom is -0.287 e. The summed E-state index contributed by atoms with van der Waals surface area (Å²) in [4.78, 5) is 14.7. The summed E-state index contributed by atoms with van der Waals surface area (Å²) in [6.45, 7) is 0.418. The van der Waals surface area contributed by atoms with Crippen LogP contribution in [0.25, 0.3) is 0 Å². The van der Waals surface area contributed by atoms with E-state index >= 15 is 0 Å². The van der Waals surface area contributed by atoms with Gasteiger partial charge in [-0.3, -0.25) is 9.79 Å². The van der Waals surface area contributed by atoms with Crippen molar-refractivity contribution < 1.29 is 4.79 Å². The zero-order chi connectivity index (χ0) is 8.27. The Hall–Kier alpha value is -0.700. The van der Waals surface area contributed by atoms with Crippen molar-refractivity contribution in [1.29, 1.82) is 5.26 Å². The highest BCUT2D eigenvalue weighted by Gasteiger charge is 2.14. The molecule has 0 aliphatic carbocycles. The summed E-state index contributed by atoms with van der Waals surface area (Å²) < 4.78 is 0.0691. The van der Waals surface area contributed by atoms with Gasteiger partial charge in [-0.2, -0.15) is 5.26 Å². The summed E-state index contributed by atoms with van der Waals surface area (Å²) >= 11 is 1.74. The topological polar surface area (TPSA) is 53.2 Å². The average Bonchev–Trinajstić information content (AvgIpc) is 2.05. The largest absolute Gasteiger partial charge is 0.287 e. The molecule has 0 fully saturated rings. The Morgan fingerprint density at radius 1 is 1.91 bits per heavy atom. The van der Waals surface area contributed by atoms with E-state index in [0.717, 1.165) is 0 Å². The second-order valence-electron chi connectivity index (χ2n) is 2.11. The lowest BCUT2D eigenvalue weighted by molar-refractivity contribution is -0.111. The molecule has 1 rings (SSSR count). The number of aliphatic imine (C=N–C) groups is 1. The van der Waals surface area contributed by atoms with Gasteiger partial charge in [0, 0.05) is 22.6 Å². The lowest BCUT2D eigenvalue weighted by atomic mass is 10.1. The summed E-state index contributed by atoms with van der Waals surface area (Å²) in [5.74, 6) is -0.132. The van der Waals surface area contributed by atoms with Crippen molar-refractivity contribution in [2.45, 2.75) is 0 Å². The molecule has 1 unspecified atom stereocenters. The fraction of sp³-hybridized carbons (Fsp3) is 0.286. The van der Waals surface area contributed by atoms with Crippen molar-refractivity contribution in [3.63, 3.8) is 0 Å². The van der Waals surface area contributed by atoms with Gasteiger partial charge in [-0.05, 0) is 6.08 Å². The number of nitriles is 1. The Morgan fingerprint density at radius 3 is 3.00 bits per heavy atom. The fourth-order valence-corrected chi connectivity index (χ4v) is 1.14. The Morgan fingerprint density at radius 2 is 2.64 bits per heavy atom. The van der Waals surface area contributed by atoms with Crippen LogP contribution in [0.4, 0.5) is 0 Å². The molecule has 4 heteroatoms. The normalized spacial score (nSPS) is 22.2. The smallest absolute Gasteiger partial charge is 0.201 e. The van der Waals surface area contributed by atoms with Gasteiger partial charge < -0.3 is 0 Å². The van der Waals surface area contributed by atoms with E-state index in [0.29, 0.717) is 12.3 Å². The number of hydrogen-bond acceptors (Lipinski definition) is 3. The number of hydrogen-bond donors (Lipinski definition) is 0. The number of rotatable bonds is 1. The summed E-state index contributed by atoms with van der Waals surface area (Å²) in [5, 5.41) is 8.40. The SMILES string of the molecule is N#CC1=NCC(C(=O)I)C=C1. The fourth-order valence-electron chi connectivity index (χ4n) is 0.738. The van der Waals surface area contributed by atoms with Crippen LogP contribution in [0, 0.1) is 17.2 Å². The highest BCUT2D eigenvalue weighted by Crippen LogP contribution is 2.10. The molecule has 0 aromatic rings.